The van der Waals surface area contributed by atoms with Crippen molar-refractivity contribution in [2.45, 2.75) is 12.6 Å². The lowest BCUT2D eigenvalue weighted by Crippen LogP contribution is -2.37. The number of carbonyl (C=O) groups excluding carboxylic acids is 2. The molecule has 1 atom stereocenters. The van der Waals surface area contributed by atoms with Crippen LogP contribution < -0.4 is 10.5 Å². The van der Waals surface area contributed by atoms with E-state index in [1.165, 1.54) is 11.5 Å². The molecule has 2 aromatic carbocycles. The average molecular weight is 427 g/mol. The van der Waals surface area contributed by atoms with Gasteiger partial charge in [-0.2, -0.15) is 0 Å². The Kier molecular flexibility index (Phi) is 6.07. The van der Waals surface area contributed by atoms with Gasteiger partial charge in [-0.3, -0.25) is 14.0 Å². The van der Waals surface area contributed by atoms with Gasteiger partial charge in [-0.15, -0.1) is 0 Å². The summed E-state index contributed by atoms with van der Waals surface area (Å²) in [5, 5.41) is 0. The molecule has 0 aliphatic heterocycles. The summed E-state index contributed by atoms with van der Waals surface area (Å²) in [6.45, 7) is 0.228. The van der Waals surface area contributed by atoms with Gasteiger partial charge in [-0.25, -0.2) is 9.78 Å². The number of pyridine rings is 1. The van der Waals surface area contributed by atoms with Gasteiger partial charge in [0, 0.05) is 12.7 Å². The van der Waals surface area contributed by atoms with Crippen molar-refractivity contribution in [1.82, 2.24) is 9.38 Å². The molecule has 4 aromatic rings. The Hall–Kier alpha value is -4.26. The third-order valence-electron chi connectivity index (χ3n) is 5.19. The first kappa shape index (κ1) is 21.0. The van der Waals surface area contributed by atoms with Crippen molar-refractivity contribution < 1.29 is 14.3 Å². The highest BCUT2D eigenvalue weighted by Crippen LogP contribution is 2.30. The second-order valence-corrected chi connectivity index (χ2v) is 7.15. The maximum Gasteiger partial charge on any atom is 0.333 e. The number of hydrogen-bond acceptors (Lipinski definition) is 6. The maximum absolute atomic E-state index is 13.1. The molecule has 2 heterocycles. The number of aromatic nitrogens is 2. The molecule has 0 fully saturated rings. The van der Waals surface area contributed by atoms with E-state index in [0.29, 0.717) is 17.5 Å². The van der Waals surface area contributed by atoms with Gasteiger partial charge in [-0.1, -0.05) is 66.7 Å². The topological polar surface area (TPSA) is 81.0 Å². The van der Waals surface area contributed by atoms with Crippen LogP contribution >= 0.6 is 0 Å². The van der Waals surface area contributed by atoms with E-state index < -0.39 is 17.6 Å². The van der Waals surface area contributed by atoms with Gasteiger partial charge in [-0.05, 0) is 23.3 Å². The van der Waals surface area contributed by atoms with Crippen molar-refractivity contribution in [3.05, 3.63) is 112 Å². The number of nitrogens with zero attached hydrogens (tertiary/aromatic N) is 3. The van der Waals surface area contributed by atoms with E-state index >= 15 is 0 Å². The SMILES string of the molecule is COC(=O)[C@@H](c1ccccc1)N(Cc1ccccc1)c1nc2ccccn2c(=O)c1C=O. The highest BCUT2D eigenvalue weighted by Gasteiger charge is 2.32. The molecule has 0 aliphatic rings. The Bertz CT molecular complexity index is 1300. The van der Waals surface area contributed by atoms with Crippen LogP contribution in [0.3, 0.4) is 0 Å². The molecular formula is C25H21N3O4. The van der Waals surface area contributed by atoms with E-state index in [0.717, 1.165) is 5.56 Å². The zero-order chi connectivity index (χ0) is 22.5. The first-order valence-corrected chi connectivity index (χ1v) is 10.0. The first-order valence-electron chi connectivity index (χ1n) is 10.0. The van der Waals surface area contributed by atoms with E-state index in [-0.39, 0.29) is 17.9 Å². The summed E-state index contributed by atoms with van der Waals surface area (Å²) in [5.74, 6) is -0.404. The van der Waals surface area contributed by atoms with Crippen molar-refractivity contribution in [2.24, 2.45) is 0 Å². The monoisotopic (exact) mass is 427 g/mol. The van der Waals surface area contributed by atoms with Gasteiger partial charge in [0.15, 0.2) is 12.3 Å². The Balaban J connectivity index is 1.98. The number of esters is 1. The quantitative estimate of drug-likeness (QED) is 0.332. The molecule has 0 N–H and O–H groups in total. The van der Waals surface area contributed by atoms with Gasteiger partial charge in [0.2, 0.25) is 0 Å². The lowest BCUT2D eigenvalue weighted by atomic mass is 10.0. The molecule has 160 valence electrons. The molecule has 2 aromatic heterocycles. The normalized spacial score (nSPS) is 11.7. The smallest absolute Gasteiger partial charge is 0.333 e. The number of aldehydes is 1. The lowest BCUT2D eigenvalue weighted by Gasteiger charge is -2.32. The van der Waals surface area contributed by atoms with Crippen molar-refractivity contribution in [3.8, 4) is 0 Å². The number of fused-ring (bicyclic) bond motifs is 1. The minimum atomic E-state index is -0.918. The van der Waals surface area contributed by atoms with Gasteiger partial charge < -0.3 is 9.64 Å². The van der Waals surface area contributed by atoms with Crippen LogP contribution in [-0.2, 0) is 16.1 Å². The number of rotatable bonds is 7. The summed E-state index contributed by atoms with van der Waals surface area (Å²) in [6, 6.07) is 22.7. The number of carbonyl (C=O) groups is 2. The zero-order valence-electron chi connectivity index (χ0n) is 17.4. The summed E-state index contributed by atoms with van der Waals surface area (Å²) in [7, 11) is 1.31. The predicted octanol–water partition coefficient (Wildman–Crippen LogP) is 3.43. The molecule has 0 spiro atoms. The molecule has 0 radical (unpaired) electrons. The molecule has 32 heavy (non-hydrogen) atoms. The van der Waals surface area contributed by atoms with Crippen LogP contribution in [0.2, 0.25) is 0 Å². The molecule has 0 bridgehead atoms. The molecule has 7 nitrogen and oxygen atoms in total. The van der Waals surface area contributed by atoms with Crippen LogP contribution in [-0.4, -0.2) is 28.7 Å². The maximum atomic E-state index is 13.1. The minimum absolute atomic E-state index is 0.124. The Morgan fingerprint density at radius 1 is 1.03 bits per heavy atom. The van der Waals surface area contributed by atoms with Gasteiger partial charge in [0.1, 0.15) is 17.0 Å². The number of methoxy groups -OCH3 is 1. The van der Waals surface area contributed by atoms with Crippen molar-refractivity contribution in [3.63, 3.8) is 0 Å². The number of benzene rings is 2. The Labute approximate surface area is 184 Å². The second-order valence-electron chi connectivity index (χ2n) is 7.15. The van der Waals surface area contributed by atoms with E-state index in [1.54, 1.807) is 41.4 Å². The van der Waals surface area contributed by atoms with Gasteiger partial charge >= 0.3 is 5.97 Å². The number of ether oxygens (including phenoxy) is 1. The van der Waals surface area contributed by atoms with E-state index in [2.05, 4.69) is 4.98 Å². The molecule has 0 saturated heterocycles. The number of anilines is 1. The fraction of sp³-hybridized carbons (Fsp3) is 0.120. The summed E-state index contributed by atoms with van der Waals surface area (Å²) < 4.78 is 6.43. The molecular weight excluding hydrogens is 406 g/mol. The van der Waals surface area contributed by atoms with Crippen LogP contribution in [0.4, 0.5) is 5.82 Å². The molecule has 0 unspecified atom stereocenters. The van der Waals surface area contributed by atoms with Gasteiger partial charge in [0.05, 0.1) is 7.11 Å². The first-order chi connectivity index (χ1) is 15.6. The van der Waals surface area contributed by atoms with Crippen molar-refractivity contribution in [2.75, 3.05) is 12.0 Å². The highest BCUT2D eigenvalue weighted by molar-refractivity contribution is 5.87. The Morgan fingerprint density at radius 2 is 1.69 bits per heavy atom. The minimum Gasteiger partial charge on any atom is -0.467 e. The Morgan fingerprint density at radius 3 is 2.34 bits per heavy atom. The van der Waals surface area contributed by atoms with Crippen LogP contribution in [0.1, 0.15) is 27.5 Å². The average Bonchev–Trinajstić information content (AvgIpc) is 2.84. The summed E-state index contributed by atoms with van der Waals surface area (Å²) >= 11 is 0. The molecule has 0 aliphatic carbocycles. The van der Waals surface area contributed by atoms with Crippen molar-refractivity contribution >= 4 is 23.7 Å². The third-order valence-corrected chi connectivity index (χ3v) is 5.19. The van der Waals surface area contributed by atoms with Crippen LogP contribution in [0.25, 0.3) is 5.65 Å². The molecule has 0 amide bonds. The fourth-order valence-electron chi connectivity index (χ4n) is 3.67. The van der Waals surface area contributed by atoms with Crippen LogP contribution in [0.5, 0.6) is 0 Å². The summed E-state index contributed by atoms with van der Waals surface area (Å²) in [5.41, 5.74) is 1.27. The summed E-state index contributed by atoms with van der Waals surface area (Å²) in [6.07, 6.45) is 2.04. The zero-order valence-corrected chi connectivity index (χ0v) is 17.4. The number of hydrogen-bond donors (Lipinski definition) is 0. The highest BCUT2D eigenvalue weighted by atomic mass is 16.5. The van der Waals surface area contributed by atoms with E-state index in [9.17, 15) is 14.4 Å². The second kappa shape index (κ2) is 9.26. The van der Waals surface area contributed by atoms with E-state index in [4.69, 9.17) is 4.74 Å². The molecule has 7 heteroatoms. The molecule has 4 rings (SSSR count). The largest absolute Gasteiger partial charge is 0.467 e. The predicted molar refractivity (Wildman–Crippen MR) is 121 cm³/mol. The van der Waals surface area contributed by atoms with E-state index in [1.807, 2.05) is 48.5 Å². The third kappa shape index (κ3) is 4.00. The molecule has 0 saturated carbocycles. The fourth-order valence-corrected chi connectivity index (χ4v) is 3.67. The van der Waals surface area contributed by atoms with Crippen LogP contribution in [0.15, 0.2) is 89.9 Å². The van der Waals surface area contributed by atoms with Crippen LogP contribution in [0, 0.1) is 0 Å². The lowest BCUT2D eigenvalue weighted by molar-refractivity contribution is -0.142. The summed E-state index contributed by atoms with van der Waals surface area (Å²) in [4.78, 5) is 44.4. The van der Waals surface area contributed by atoms with Gasteiger partial charge in [0.25, 0.3) is 5.56 Å². The van der Waals surface area contributed by atoms with Crippen molar-refractivity contribution in [1.29, 1.82) is 0 Å². The standard InChI is InChI=1S/C25H21N3O4/c1-32-25(31)22(19-12-6-3-7-13-19)28(16-18-10-4-2-5-11-18)23-20(17-29)24(30)27-15-9-8-14-21(27)26-23/h2-15,17,22H,16H2,1H3/t22-/m1/s1.